The average molecular weight is 770 g/mol. The number of aliphatic hydroxyl groups is 1. The molecule has 1 aromatic carbocycles. The zero-order valence-corrected chi connectivity index (χ0v) is 33.2. The van der Waals surface area contributed by atoms with Crippen molar-refractivity contribution in [2.75, 3.05) is 20.1 Å². The van der Waals surface area contributed by atoms with Gasteiger partial charge in [0.2, 0.25) is 17.5 Å². The number of hydrogen-bond donors (Lipinski definition) is 3. The van der Waals surface area contributed by atoms with Crippen LogP contribution in [0.3, 0.4) is 0 Å². The van der Waals surface area contributed by atoms with E-state index in [-0.39, 0.29) is 35.0 Å². The molecule has 3 N–H and O–H groups in total. The third kappa shape index (κ3) is 5.43. The van der Waals surface area contributed by atoms with E-state index in [0.717, 1.165) is 34.1 Å². The molecule has 3 amide bonds. The number of imidazole rings is 1. The Labute approximate surface area is 323 Å². The Balaban J connectivity index is 0.000000265. The molecule has 0 radical (unpaired) electrons. The molecule has 16 heteroatoms. The number of carbonyl (C=O) groups excluding carboxylic acids is 3. The minimum atomic E-state index is -2.00. The van der Waals surface area contributed by atoms with Gasteiger partial charge in [-0.05, 0) is 61.4 Å². The number of rotatable bonds is 5. The largest absolute Gasteiger partial charge is 0.361 e. The van der Waals surface area contributed by atoms with E-state index in [2.05, 4.69) is 38.5 Å². The van der Waals surface area contributed by atoms with Gasteiger partial charge < -0.3 is 24.9 Å². The van der Waals surface area contributed by atoms with Gasteiger partial charge in [0.1, 0.15) is 12.1 Å². The fourth-order valence-corrected chi connectivity index (χ4v) is 9.57. The molecule has 3 saturated heterocycles. The van der Waals surface area contributed by atoms with Crippen molar-refractivity contribution < 1.29 is 24.2 Å². The number of nitrogens with one attached hydrogen (secondary N) is 2. The Hall–Kier alpha value is -5.06. The van der Waals surface area contributed by atoms with Crippen LogP contribution in [-0.4, -0.2) is 111 Å². The Morgan fingerprint density at radius 3 is 2.55 bits per heavy atom. The van der Waals surface area contributed by atoms with Gasteiger partial charge >= 0.3 is 5.69 Å². The topological polar surface area (TPSA) is 180 Å². The lowest BCUT2D eigenvalue weighted by Gasteiger charge is -2.49. The Bertz CT molecular complexity index is 2440. The first-order valence-electron chi connectivity index (χ1n) is 19.5. The monoisotopic (exact) mass is 769 g/mol. The molecule has 4 aromatic rings. The van der Waals surface area contributed by atoms with Crippen LogP contribution in [0.5, 0.6) is 0 Å². The van der Waals surface area contributed by atoms with E-state index >= 15 is 0 Å². The molecule has 7 heterocycles. The summed E-state index contributed by atoms with van der Waals surface area (Å²) in [5.41, 5.74) is 2.97. The van der Waals surface area contributed by atoms with Crippen LogP contribution >= 0.6 is 0 Å². The second-order valence-electron chi connectivity index (χ2n) is 16.8. The van der Waals surface area contributed by atoms with Crippen molar-refractivity contribution in [3.8, 4) is 0 Å². The van der Waals surface area contributed by atoms with Gasteiger partial charge in [-0.25, -0.2) is 9.78 Å². The number of nitrogens with zero attached hydrogens (tertiary/aromatic N) is 7. The number of carbonyl (C=O) groups is 3. The molecule has 4 aliphatic heterocycles. The minimum Gasteiger partial charge on any atom is -0.361 e. The molecule has 0 bridgehead atoms. The first kappa shape index (κ1) is 37.8. The fraction of sp³-hybridized carbons (Fsp3) is 0.550. The summed E-state index contributed by atoms with van der Waals surface area (Å²) in [5, 5.41) is 16.3. The van der Waals surface area contributed by atoms with E-state index in [9.17, 15) is 29.1 Å². The maximum atomic E-state index is 14.4. The molecule has 298 valence electrons. The molecule has 3 aromatic heterocycles. The van der Waals surface area contributed by atoms with Crippen molar-refractivity contribution in [1.29, 1.82) is 0 Å². The maximum Gasteiger partial charge on any atom is 0.332 e. The van der Waals surface area contributed by atoms with Crippen LogP contribution in [0.15, 0.2) is 46.4 Å². The lowest BCUT2D eigenvalue weighted by Crippen LogP contribution is -2.71. The number of ether oxygens (including phenoxy) is 1. The molecule has 0 spiro atoms. The average Bonchev–Trinajstić information content (AvgIpc) is 3.95. The molecule has 56 heavy (non-hydrogen) atoms. The first-order valence-corrected chi connectivity index (χ1v) is 19.5. The summed E-state index contributed by atoms with van der Waals surface area (Å²) in [5.74, 6) is -3.97. The summed E-state index contributed by atoms with van der Waals surface area (Å²) >= 11 is 0. The highest BCUT2D eigenvalue weighted by atomic mass is 16.7. The number of benzene rings is 1. The Morgan fingerprint density at radius 2 is 1.84 bits per heavy atom. The molecule has 16 nitrogen and oxygen atoms in total. The lowest BCUT2D eigenvalue weighted by molar-refractivity contribution is -0.322. The zero-order chi connectivity index (χ0) is 40.2. The molecule has 6 atom stereocenters. The van der Waals surface area contributed by atoms with Gasteiger partial charge in [0, 0.05) is 63.3 Å². The van der Waals surface area contributed by atoms with E-state index in [0.29, 0.717) is 37.1 Å². The number of amides is 3. The number of likely N-dealkylation sites (N-methyl/N-ethyl adjacent to an activating group) is 1. The number of aromatic amines is 1. The number of fused-ring (bicyclic) bond motifs is 6. The summed E-state index contributed by atoms with van der Waals surface area (Å²) in [4.78, 5) is 77.8. The predicted molar refractivity (Wildman–Crippen MR) is 208 cm³/mol. The summed E-state index contributed by atoms with van der Waals surface area (Å²) in [6.45, 7) is 8.60. The van der Waals surface area contributed by atoms with Crippen LogP contribution in [0.2, 0.25) is 0 Å². The second-order valence-corrected chi connectivity index (χ2v) is 16.8. The van der Waals surface area contributed by atoms with E-state index in [4.69, 9.17) is 4.74 Å². The molecule has 0 saturated carbocycles. The Morgan fingerprint density at radius 1 is 1.09 bits per heavy atom. The quantitative estimate of drug-likeness (QED) is 0.271. The van der Waals surface area contributed by atoms with Gasteiger partial charge in [-0.1, -0.05) is 45.9 Å². The summed E-state index contributed by atoms with van der Waals surface area (Å²) in [6, 6.07) is 4.84. The summed E-state index contributed by atoms with van der Waals surface area (Å²) in [7, 11) is 6.81. The van der Waals surface area contributed by atoms with Crippen molar-refractivity contribution in [3.63, 3.8) is 0 Å². The summed E-state index contributed by atoms with van der Waals surface area (Å²) in [6.07, 6.45) is 8.14. The molecule has 9 rings (SSSR count). The van der Waals surface area contributed by atoms with Crippen molar-refractivity contribution in [3.05, 3.63) is 68.8 Å². The van der Waals surface area contributed by atoms with Crippen molar-refractivity contribution in [2.24, 2.45) is 38.9 Å². The van der Waals surface area contributed by atoms with Crippen molar-refractivity contribution in [2.45, 2.75) is 83.1 Å². The Kier molecular flexibility index (Phi) is 8.97. The molecule has 1 aliphatic carbocycles. The number of H-pyrrole nitrogens is 1. The van der Waals surface area contributed by atoms with Gasteiger partial charge in [-0.15, -0.1) is 0 Å². The van der Waals surface area contributed by atoms with Gasteiger partial charge in [-0.3, -0.25) is 42.8 Å². The normalized spacial score (nSPS) is 28.4. The number of piperazine rings is 1. The van der Waals surface area contributed by atoms with Gasteiger partial charge in [0.15, 0.2) is 11.2 Å². The standard InChI is InChI=1S/C32H41N5O5.C8H10N4O2/c1-17(2)12-25-29(39)36-11-7-10-26(36)32(41)37(25)30(40)31(42-32,18(3)4)34-28(38)20-13-22-21-8-6-9-23-27(21)19(15-33-23)14-24(22)35(5)16-20;1-10-4-9-6-5(10)7(13)12(3)8(14)11(6)2/h6,8-9,13,15,17-18,20,24-26,33,41H,7,10-12,14,16H2,1-5H3,(H,34,38);4H,1-3H3/t20-,24-,25+,26+,31-,32+;/m1./s1. The highest BCUT2D eigenvalue weighted by Crippen LogP contribution is 2.48. The van der Waals surface area contributed by atoms with Crippen LogP contribution in [0, 0.1) is 17.8 Å². The van der Waals surface area contributed by atoms with Crippen LogP contribution < -0.4 is 16.6 Å². The van der Waals surface area contributed by atoms with Crippen LogP contribution in [0.4, 0.5) is 0 Å². The van der Waals surface area contributed by atoms with Crippen LogP contribution in [-0.2, 0) is 46.7 Å². The van der Waals surface area contributed by atoms with E-state index in [1.165, 1.54) is 33.8 Å². The van der Waals surface area contributed by atoms with Crippen LogP contribution in [0.25, 0.3) is 27.6 Å². The van der Waals surface area contributed by atoms with E-state index in [1.807, 2.05) is 46.9 Å². The van der Waals surface area contributed by atoms with E-state index in [1.54, 1.807) is 23.6 Å². The maximum absolute atomic E-state index is 14.4. The summed E-state index contributed by atoms with van der Waals surface area (Å²) < 4.78 is 10.5. The minimum absolute atomic E-state index is 0.108. The highest BCUT2D eigenvalue weighted by Gasteiger charge is 2.72. The molecular weight excluding hydrogens is 718 g/mol. The zero-order valence-electron chi connectivity index (χ0n) is 33.2. The molecule has 0 unspecified atom stereocenters. The van der Waals surface area contributed by atoms with Crippen LogP contribution in [0.1, 0.15) is 58.1 Å². The highest BCUT2D eigenvalue weighted by molar-refractivity contribution is 6.01. The third-order valence-electron chi connectivity index (χ3n) is 12.5. The number of aromatic nitrogens is 5. The third-order valence-corrected chi connectivity index (χ3v) is 12.5. The SMILES string of the molecule is CC(C)C[C@H]1C(=O)N2CCC[C@H]2[C@]2(O)O[C@](NC(=O)[C@@H]3C=C4c5cccc6[nH]cc(c56)C[C@H]4N(C)C3)(C(C)C)C(=O)N12.Cn1c(=O)c2c(ncn2C)n(C)c1=O. The van der Waals surface area contributed by atoms with Gasteiger partial charge in [-0.2, -0.15) is 0 Å². The predicted octanol–water partition coefficient (Wildman–Crippen LogP) is 1.40. The van der Waals surface area contributed by atoms with Gasteiger partial charge in [0.25, 0.3) is 17.4 Å². The smallest absolute Gasteiger partial charge is 0.332 e. The molecular formula is C40H51N9O7. The second kappa shape index (κ2) is 13.3. The lowest BCUT2D eigenvalue weighted by atomic mass is 9.79. The number of aryl methyl sites for hydroxylation is 2. The molecule has 5 aliphatic rings. The fourth-order valence-electron chi connectivity index (χ4n) is 9.57. The van der Waals surface area contributed by atoms with Crippen molar-refractivity contribution >= 4 is 45.4 Å². The number of hydrogen-bond acceptors (Lipinski definition) is 9. The molecule has 3 fully saturated rings. The van der Waals surface area contributed by atoms with E-state index < -0.39 is 41.5 Å². The van der Waals surface area contributed by atoms with Gasteiger partial charge in [0.05, 0.1) is 12.2 Å². The first-order chi connectivity index (χ1) is 26.5. The van der Waals surface area contributed by atoms with Crippen molar-refractivity contribution in [1.82, 2.24) is 43.7 Å².